The Morgan fingerprint density at radius 2 is 0.559 bits per heavy atom. The molecule has 28 heteroatoms. The molecule has 0 radical (unpaired) electrons. The van der Waals surface area contributed by atoms with Gasteiger partial charge in [0.15, 0.2) is 24.8 Å². The maximum Gasteiger partial charge on any atom is 0.220 e. The minimum atomic E-state index is -1.12. The summed E-state index contributed by atoms with van der Waals surface area (Å²) in [5.74, 6) is 1.03. The van der Waals surface area contributed by atoms with Crippen molar-refractivity contribution >= 4 is 150 Å². The number of nitrogens with zero attached hydrogens (tertiary/aromatic N) is 8. The van der Waals surface area contributed by atoms with E-state index in [4.69, 9.17) is 0 Å². The van der Waals surface area contributed by atoms with Crippen molar-refractivity contribution in [1.82, 2.24) is 21.3 Å². The van der Waals surface area contributed by atoms with Crippen LogP contribution >= 0.6 is 43.2 Å². The third kappa shape index (κ3) is 37.5. The monoisotopic (exact) mass is 1680 g/mol. The van der Waals surface area contributed by atoms with E-state index in [0.717, 1.165) is 117 Å². The van der Waals surface area contributed by atoms with Gasteiger partial charge in [0.1, 0.15) is 26.2 Å². The summed E-state index contributed by atoms with van der Waals surface area (Å²) in [4.78, 5) is 78.8. The summed E-state index contributed by atoms with van der Waals surface area (Å²) in [6.45, 7) is 6.87. The summed E-state index contributed by atoms with van der Waals surface area (Å²) in [7, 11) is 10.2. The van der Waals surface area contributed by atoms with E-state index >= 15 is 0 Å². The van der Waals surface area contributed by atoms with Gasteiger partial charge in [0.25, 0.3) is 0 Å². The molecule has 8 rings (SSSR count). The molecule has 8 N–H and O–H groups in total. The van der Waals surface area contributed by atoms with Gasteiger partial charge in [-0.15, -0.1) is 0 Å². The van der Waals surface area contributed by atoms with E-state index in [2.05, 4.69) is 76.0 Å². The van der Waals surface area contributed by atoms with Crippen LogP contribution in [0.2, 0.25) is 0 Å². The number of amides is 4. The lowest BCUT2D eigenvalue weighted by molar-refractivity contribution is -0.699. The third-order valence-corrected chi connectivity index (χ3v) is 23.3. The number of carbonyl (C=O) groups is 6. The van der Waals surface area contributed by atoms with Crippen molar-refractivity contribution in [3.05, 3.63) is 240 Å². The molecule has 118 heavy (non-hydrogen) atoms. The van der Waals surface area contributed by atoms with Crippen molar-refractivity contribution in [3.8, 4) is 0 Å². The molecule has 0 saturated heterocycles. The Morgan fingerprint density at radius 3 is 0.780 bits per heavy atom. The van der Waals surface area contributed by atoms with Gasteiger partial charge in [0, 0.05) is 236 Å². The van der Waals surface area contributed by atoms with E-state index in [1.54, 1.807) is 67.1 Å². The Labute approximate surface area is 710 Å². The predicted molar refractivity (Wildman–Crippen MR) is 476 cm³/mol. The zero-order valence-corrected chi connectivity index (χ0v) is 70.8. The van der Waals surface area contributed by atoms with E-state index in [0.29, 0.717) is 104 Å². The number of carbonyl (C=O) groups excluding carboxylic acids is 6. The zero-order valence-electron chi connectivity index (χ0n) is 67.6. The fraction of sp³-hybridized carbons (Fsp3) is 0.356. The maximum atomic E-state index is 12.5. The van der Waals surface area contributed by atoms with Gasteiger partial charge in [-0.1, -0.05) is 91.7 Å². The topological polar surface area (TPSA) is 306 Å². The molecule has 0 aliphatic carbocycles. The van der Waals surface area contributed by atoms with Crippen LogP contribution in [0.4, 0.5) is 22.7 Å². The van der Waals surface area contributed by atoms with Gasteiger partial charge < -0.3 is 81.1 Å². The van der Waals surface area contributed by atoms with Crippen molar-refractivity contribution in [1.29, 1.82) is 0 Å². The third-order valence-electron chi connectivity index (χ3n) is 18.5. The minimum absolute atomic E-state index is 0.0273. The average molecular weight is 1680 g/mol. The van der Waals surface area contributed by atoms with Gasteiger partial charge in [-0.2, -0.15) is 18.3 Å². The molecule has 0 atom stereocenters. The fourth-order valence-electron chi connectivity index (χ4n) is 12.3. The highest BCUT2D eigenvalue weighted by Gasteiger charge is 2.16. The molecule has 0 aliphatic heterocycles. The highest BCUT2D eigenvalue weighted by Crippen LogP contribution is 2.23. The fourth-order valence-corrected chi connectivity index (χ4v) is 16.0. The van der Waals surface area contributed by atoms with Crippen LogP contribution < -0.4 is 69.3 Å². The Hall–Kier alpha value is -10.3. The first-order valence-electron chi connectivity index (χ1n) is 39.9. The number of hydrogen-bond donors (Lipinski definition) is 8. The van der Waals surface area contributed by atoms with Gasteiger partial charge >= 0.3 is 0 Å². The van der Waals surface area contributed by atoms with Crippen LogP contribution in [-0.4, -0.2) is 185 Å². The van der Waals surface area contributed by atoms with Gasteiger partial charge in [-0.25, -0.2) is 0 Å². The smallest absolute Gasteiger partial charge is 0.220 e. The first-order valence-corrected chi connectivity index (χ1v) is 44.9. The van der Waals surface area contributed by atoms with Crippen molar-refractivity contribution in [2.75, 3.05) is 149 Å². The van der Waals surface area contributed by atoms with Gasteiger partial charge in [0.2, 0.25) is 46.4 Å². The summed E-state index contributed by atoms with van der Waals surface area (Å²) in [5, 5.41) is 71.0. The number of benzene rings is 4. The van der Waals surface area contributed by atoms with E-state index in [1.165, 1.54) is 0 Å². The summed E-state index contributed by atoms with van der Waals surface area (Å²) in [6.07, 6.45) is 29.0. The lowest BCUT2D eigenvalue weighted by Gasteiger charge is -2.22. The molecule has 0 fully saturated rings. The lowest BCUT2D eigenvalue weighted by Crippen LogP contribution is -2.37. The summed E-state index contributed by atoms with van der Waals surface area (Å²) < 4.78 is 8.52. The number of aromatic nitrogens is 4. The molecule has 0 unspecified atom stereocenters. The van der Waals surface area contributed by atoms with E-state index in [-0.39, 0.29) is 63.1 Å². The van der Waals surface area contributed by atoms with Crippen LogP contribution in [0.5, 0.6) is 0 Å². The second kappa shape index (κ2) is 56.2. The summed E-state index contributed by atoms with van der Waals surface area (Å²) in [5.41, 5.74) is 11.7. The Kier molecular flexibility index (Phi) is 45.1. The van der Waals surface area contributed by atoms with Crippen LogP contribution in [0.25, 0.3) is 48.6 Å². The van der Waals surface area contributed by atoms with Crippen molar-refractivity contribution in [2.24, 2.45) is 0 Å². The number of aliphatic carboxylic acids is 2. The SMILES string of the molecule is CN(CC(=O)[O-])c1ccc(/C=C/c2cccc[n+]2CCCC(=O)NCCSSCCNC(=O)CCC[n+]2ccccc2/C=C/c2ccc(N(C)CC(=O)[O-])cc2)cc1.O=C(CCC[n+]1ccccc1/C=C/c1ccc(N(CCO)CCO)cc1)NCCSSCCNC(=O)CCC[n+]1ccccc1/C=C/c1ccc(N(CCO)CCO)cc1. The quantitative estimate of drug-likeness (QED) is 0.0109. The second-order valence-electron chi connectivity index (χ2n) is 27.4. The Bertz CT molecular complexity index is 4160. The molecule has 8 aromatic rings. The number of carboxylic acid groups (broad SMARTS) is 2. The maximum absolute atomic E-state index is 12.5. The minimum Gasteiger partial charge on any atom is -0.548 e. The number of aliphatic hydroxyl groups excluding tert-OH is 4. The largest absolute Gasteiger partial charge is 0.548 e. The number of aryl methyl sites for hydroxylation is 4. The van der Waals surface area contributed by atoms with E-state index < -0.39 is 11.9 Å². The number of hydrogen-bond acceptors (Lipinski definition) is 20. The number of carboxylic acids is 2. The first kappa shape index (κ1) is 94.8. The predicted octanol–water partition coefficient (Wildman–Crippen LogP) is 6.91. The van der Waals surface area contributed by atoms with Gasteiger partial charge in [-0.05, 0) is 119 Å². The average Bonchev–Trinajstić information content (AvgIpc) is 0.873. The zero-order chi connectivity index (χ0) is 84.2. The number of rotatable bonds is 54. The molecule has 4 amide bonds. The normalized spacial score (nSPS) is 11.2. The molecule has 0 saturated carbocycles. The summed E-state index contributed by atoms with van der Waals surface area (Å²) >= 11 is 0. The van der Waals surface area contributed by atoms with Crippen LogP contribution in [0.1, 0.15) is 96.4 Å². The second-order valence-corrected chi connectivity index (χ2v) is 32.8. The molecule has 4 aromatic carbocycles. The highest BCUT2D eigenvalue weighted by molar-refractivity contribution is 8.77. The van der Waals surface area contributed by atoms with Crippen LogP contribution in [0.3, 0.4) is 0 Å². The molecular formula is C90H114N12O12S4+2. The molecule has 0 aliphatic rings. The van der Waals surface area contributed by atoms with Crippen LogP contribution in [-0.2, 0) is 54.9 Å². The van der Waals surface area contributed by atoms with E-state index in [1.807, 2.05) is 217 Å². The molecule has 24 nitrogen and oxygen atoms in total. The summed E-state index contributed by atoms with van der Waals surface area (Å²) in [6, 6.07) is 55.3. The lowest BCUT2D eigenvalue weighted by atomic mass is 10.1. The van der Waals surface area contributed by atoms with Gasteiger partial charge in [0.05, 0.1) is 51.5 Å². The van der Waals surface area contributed by atoms with E-state index in [9.17, 15) is 59.4 Å². The highest BCUT2D eigenvalue weighted by atomic mass is 33.1. The molecule has 0 spiro atoms. The Balaban J connectivity index is 0.000000326. The molecule has 0 bridgehead atoms. The number of likely N-dealkylation sites (N-methyl/N-ethyl adjacent to an activating group) is 2. The standard InChI is InChI=1S/C46H60N6O6S2.C44H52N6O6S2/c53-33-29-51(30-34-54)43-19-13-39(14-20-43)11-17-41-7-1-3-25-49(41)27-5-9-45(57)47-23-37-59-60-38-24-48-46(58)10-6-28-50-26-4-2-8-42(50)18-12-40-15-21-44(22-16-40)52(31-35-55)32-36-56;1-47(33-43(53)54)37-19-13-35(14-20-37)17-23-39-9-3-5-27-49(39)29-7-11-41(51)45-25-31-57-58-32-26-46-42(52)12-8-30-50-28-6-4-10-40(50)24-18-36-15-21-38(22-16-36)48(2)34-44(55)56/h1-4,7-8,11-22,25-26,53-56H,5-6,9-10,23-24,27-38H2;3-6,9-10,13-24,27-28H,7-8,11-12,25-26,29-34H2,1-2H3,(H2-2,45,46,51,52,53,54,55,56)/p+2. The number of aliphatic hydroxyl groups is 4. The van der Waals surface area contributed by atoms with Crippen LogP contribution in [0, 0.1) is 0 Å². The van der Waals surface area contributed by atoms with Crippen LogP contribution in [0.15, 0.2) is 195 Å². The first-order chi connectivity index (χ1) is 57.5. The molecule has 628 valence electrons. The Morgan fingerprint density at radius 1 is 0.331 bits per heavy atom. The molecule has 4 heterocycles. The van der Waals surface area contributed by atoms with Gasteiger partial charge in [-0.3, -0.25) is 19.2 Å². The molecular weight excluding hydrogens is 1570 g/mol. The molecule has 4 aromatic heterocycles. The van der Waals surface area contributed by atoms with Crippen molar-refractivity contribution in [2.45, 2.75) is 77.5 Å². The number of pyridine rings is 4. The van der Waals surface area contributed by atoms with Crippen molar-refractivity contribution in [3.63, 3.8) is 0 Å². The van der Waals surface area contributed by atoms with Crippen molar-refractivity contribution < 1.29 is 77.7 Å². The number of anilines is 4. The number of nitrogens with one attached hydrogen (secondary N) is 4.